The number of furan rings is 1. The zero-order valence-corrected chi connectivity index (χ0v) is 14.1. The minimum absolute atomic E-state index is 0.296. The standard InChI is InChI=1S/C15H15Cl3N2O2/c1-10-4-2-5-11(8-10)13(21)20-14(15(16,17)18)19-9-12-6-3-7-22-12/h2-8,14,19H,9H2,1H3,(H,20,21)/p+1/t14-/m1/s1. The van der Waals surface area contributed by atoms with E-state index in [-0.39, 0.29) is 5.91 Å². The summed E-state index contributed by atoms with van der Waals surface area (Å²) in [6.45, 7) is 2.35. The number of amides is 1. The number of quaternary nitrogens is 1. The summed E-state index contributed by atoms with van der Waals surface area (Å²) in [6.07, 6.45) is 0.828. The molecule has 0 bridgehead atoms. The van der Waals surface area contributed by atoms with Crippen molar-refractivity contribution in [2.24, 2.45) is 0 Å². The molecule has 0 spiro atoms. The number of nitrogens with two attached hydrogens (primary N) is 1. The van der Waals surface area contributed by atoms with Crippen LogP contribution in [0.4, 0.5) is 0 Å². The number of alkyl halides is 3. The first-order chi connectivity index (χ1) is 10.4. The summed E-state index contributed by atoms with van der Waals surface area (Å²) < 4.78 is 3.58. The maximum Gasteiger partial charge on any atom is 0.262 e. The number of aryl methyl sites for hydroxylation is 1. The van der Waals surface area contributed by atoms with Gasteiger partial charge in [0.1, 0.15) is 6.54 Å². The van der Waals surface area contributed by atoms with E-state index in [4.69, 9.17) is 39.2 Å². The molecule has 118 valence electrons. The number of carbonyl (C=O) groups excluding carboxylic acids is 1. The summed E-state index contributed by atoms with van der Waals surface area (Å²) in [5, 5.41) is 4.44. The summed E-state index contributed by atoms with van der Waals surface area (Å²) in [5.74, 6) is 0.430. The van der Waals surface area contributed by atoms with Gasteiger partial charge in [-0.2, -0.15) is 0 Å². The lowest BCUT2D eigenvalue weighted by Gasteiger charge is -2.23. The molecule has 1 atom stereocenters. The van der Waals surface area contributed by atoms with E-state index in [1.54, 1.807) is 35.8 Å². The van der Waals surface area contributed by atoms with Crippen LogP contribution in [0.15, 0.2) is 47.1 Å². The molecule has 1 aromatic heterocycles. The van der Waals surface area contributed by atoms with Crippen LogP contribution >= 0.6 is 34.8 Å². The van der Waals surface area contributed by atoms with E-state index in [1.807, 2.05) is 19.1 Å². The van der Waals surface area contributed by atoms with Crippen molar-refractivity contribution in [1.82, 2.24) is 5.32 Å². The highest BCUT2D eigenvalue weighted by atomic mass is 35.6. The van der Waals surface area contributed by atoms with E-state index in [9.17, 15) is 4.79 Å². The zero-order valence-electron chi connectivity index (χ0n) is 11.9. The highest BCUT2D eigenvalue weighted by molar-refractivity contribution is 6.68. The molecule has 1 aromatic carbocycles. The SMILES string of the molecule is Cc1cccc(C(=O)N[C@@H]([NH2+]Cc2ccco2)C(Cl)(Cl)Cl)c1. The quantitative estimate of drug-likeness (QED) is 0.635. The fourth-order valence-corrected chi connectivity index (χ4v) is 2.38. The van der Waals surface area contributed by atoms with Crippen molar-refractivity contribution in [2.45, 2.75) is 23.4 Å². The molecule has 2 aromatic rings. The van der Waals surface area contributed by atoms with Crippen LogP contribution in [-0.4, -0.2) is 15.9 Å². The van der Waals surface area contributed by atoms with Gasteiger partial charge in [-0.1, -0.05) is 52.5 Å². The van der Waals surface area contributed by atoms with E-state index in [0.717, 1.165) is 11.3 Å². The maximum atomic E-state index is 12.3. The first-order valence-electron chi connectivity index (χ1n) is 6.66. The predicted octanol–water partition coefficient (Wildman–Crippen LogP) is 2.78. The minimum Gasteiger partial charge on any atom is -0.463 e. The van der Waals surface area contributed by atoms with Gasteiger partial charge in [0.15, 0.2) is 5.76 Å². The van der Waals surface area contributed by atoms with Crippen LogP contribution in [0.2, 0.25) is 0 Å². The van der Waals surface area contributed by atoms with Gasteiger partial charge in [0, 0.05) is 5.56 Å². The van der Waals surface area contributed by atoms with E-state index >= 15 is 0 Å². The van der Waals surface area contributed by atoms with E-state index in [0.29, 0.717) is 12.1 Å². The van der Waals surface area contributed by atoms with Crippen molar-refractivity contribution in [3.63, 3.8) is 0 Å². The van der Waals surface area contributed by atoms with Gasteiger partial charge in [-0.15, -0.1) is 0 Å². The summed E-state index contributed by atoms with van der Waals surface area (Å²) in [4.78, 5) is 12.3. The Morgan fingerprint density at radius 1 is 1.32 bits per heavy atom. The van der Waals surface area contributed by atoms with E-state index in [1.165, 1.54) is 0 Å². The molecule has 2 rings (SSSR count). The Balaban J connectivity index is 2.04. The molecule has 22 heavy (non-hydrogen) atoms. The Morgan fingerprint density at radius 2 is 2.09 bits per heavy atom. The fourth-order valence-electron chi connectivity index (χ4n) is 1.95. The topological polar surface area (TPSA) is 58.9 Å². The molecule has 0 saturated carbocycles. The number of hydrogen-bond donors (Lipinski definition) is 2. The van der Waals surface area contributed by atoms with Crippen molar-refractivity contribution >= 4 is 40.7 Å². The van der Waals surface area contributed by atoms with Crippen LogP contribution in [0.5, 0.6) is 0 Å². The Morgan fingerprint density at radius 3 is 2.68 bits per heavy atom. The molecule has 0 aliphatic rings. The molecule has 3 N–H and O–H groups in total. The third-order valence-corrected chi connectivity index (χ3v) is 3.76. The van der Waals surface area contributed by atoms with Gasteiger partial charge in [-0.25, -0.2) is 0 Å². The van der Waals surface area contributed by atoms with Crippen LogP contribution in [0.3, 0.4) is 0 Å². The summed E-state index contributed by atoms with van der Waals surface area (Å²) >= 11 is 17.9. The summed E-state index contributed by atoms with van der Waals surface area (Å²) in [7, 11) is 0. The summed E-state index contributed by atoms with van der Waals surface area (Å²) in [6, 6.07) is 10.8. The Kier molecular flexibility index (Phi) is 5.75. The van der Waals surface area contributed by atoms with Crippen molar-refractivity contribution in [3.05, 3.63) is 59.5 Å². The van der Waals surface area contributed by atoms with Gasteiger partial charge in [-0.3, -0.25) is 10.1 Å². The zero-order chi connectivity index (χ0) is 16.2. The molecule has 0 aliphatic heterocycles. The number of benzene rings is 1. The van der Waals surface area contributed by atoms with Gasteiger partial charge >= 0.3 is 0 Å². The first kappa shape index (κ1) is 17.2. The molecule has 0 fully saturated rings. The second-order valence-electron chi connectivity index (χ2n) is 4.88. The normalized spacial score (nSPS) is 12.9. The second-order valence-corrected chi connectivity index (χ2v) is 7.25. The monoisotopic (exact) mass is 361 g/mol. The van der Waals surface area contributed by atoms with Crippen molar-refractivity contribution in [1.29, 1.82) is 0 Å². The molecule has 0 saturated heterocycles. The highest BCUT2D eigenvalue weighted by Gasteiger charge is 2.37. The highest BCUT2D eigenvalue weighted by Crippen LogP contribution is 2.27. The van der Waals surface area contributed by atoms with Gasteiger partial charge in [0.25, 0.3) is 9.70 Å². The van der Waals surface area contributed by atoms with Crippen LogP contribution in [-0.2, 0) is 6.54 Å². The molecule has 0 unspecified atom stereocenters. The molecule has 1 amide bonds. The molecular weight excluding hydrogens is 347 g/mol. The van der Waals surface area contributed by atoms with Gasteiger partial charge in [0.05, 0.1) is 6.26 Å². The van der Waals surface area contributed by atoms with Gasteiger partial charge < -0.3 is 9.73 Å². The number of hydrogen-bond acceptors (Lipinski definition) is 2. The van der Waals surface area contributed by atoms with Crippen LogP contribution in [0, 0.1) is 6.92 Å². The lowest BCUT2D eigenvalue weighted by molar-refractivity contribution is -0.708. The largest absolute Gasteiger partial charge is 0.463 e. The van der Waals surface area contributed by atoms with Crippen molar-refractivity contribution in [3.8, 4) is 0 Å². The van der Waals surface area contributed by atoms with Crippen molar-refractivity contribution in [2.75, 3.05) is 0 Å². The molecular formula is C15H16Cl3N2O2+. The lowest BCUT2D eigenvalue weighted by atomic mass is 10.1. The smallest absolute Gasteiger partial charge is 0.262 e. The summed E-state index contributed by atoms with van der Waals surface area (Å²) in [5.41, 5.74) is 1.50. The fraction of sp³-hybridized carbons (Fsp3) is 0.267. The van der Waals surface area contributed by atoms with Crippen LogP contribution in [0.25, 0.3) is 0 Å². The molecule has 7 heteroatoms. The Hall–Kier alpha value is -1.20. The predicted molar refractivity (Wildman–Crippen MR) is 87.1 cm³/mol. The Bertz CT molecular complexity index is 624. The number of rotatable bonds is 5. The number of carbonyl (C=O) groups is 1. The first-order valence-corrected chi connectivity index (χ1v) is 7.79. The van der Waals surface area contributed by atoms with Crippen LogP contribution in [0.1, 0.15) is 21.7 Å². The number of nitrogens with one attached hydrogen (secondary N) is 1. The molecule has 4 nitrogen and oxygen atoms in total. The van der Waals surface area contributed by atoms with Gasteiger partial charge in [-0.05, 0) is 31.2 Å². The number of halogens is 3. The van der Waals surface area contributed by atoms with Gasteiger partial charge in [0.2, 0.25) is 6.17 Å². The van der Waals surface area contributed by atoms with Crippen molar-refractivity contribution < 1.29 is 14.5 Å². The van der Waals surface area contributed by atoms with Crippen LogP contribution < -0.4 is 10.6 Å². The minimum atomic E-state index is -1.65. The average molecular weight is 363 g/mol. The van der Waals surface area contributed by atoms with E-state index < -0.39 is 9.96 Å². The maximum absolute atomic E-state index is 12.3. The third-order valence-electron chi connectivity index (χ3n) is 3.05. The second kappa shape index (κ2) is 7.38. The lowest BCUT2D eigenvalue weighted by Crippen LogP contribution is -2.95. The third kappa shape index (κ3) is 4.92. The average Bonchev–Trinajstić information content (AvgIpc) is 2.95. The Labute approximate surface area is 143 Å². The molecule has 0 aliphatic carbocycles. The molecule has 0 radical (unpaired) electrons. The van der Waals surface area contributed by atoms with E-state index in [2.05, 4.69) is 5.32 Å². The molecule has 1 heterocycles.